The van der Waals surface area contributed by atoms with Gasteiger partial charge in [0.25, 0.3) is 11.8 Å². The number of carbonyl (C=O) groups excluding carboxylic acids is 2. The molecule has 0 radical (unpaired) electrons. The van der Waals surface area contributed by atoms with Crippen LogP contribution < -0.4 is 0 Å². The van der Waals surface area contributed by atoms with E-state index in [0.717, 1.165) is 18.5 Å². The Labute approximate surface area is 150 Å². The Kier molecular flexibility index (Phi) is 4.34. The monoisotopic (exact) mass is 356 g/mol. The van der Waals surface area contributed by atoms with Crippen molar-refractivity contribution in [3.8, 4) is 5.75 Å². The van der Waals surface area contributed by atoms with Gasteiger partial charge >= 0.3 is 0 Å². The van der Waals surface area contributed by atoms with Crippen molar-refractivity contribution >= 4 is 11.8 Å². The van der Waals surface area contributed by atoms with Gasteiger partial charge in [0.2, 0.25) is 0 Å². The highest BCUT2D eigenvalue weighted by atomic mass is 16.7. The molecule has 2 aliphatic heterocycles. The molecular weight excluding hydrogens is 336 g/mol. The Hall–Kier alpha value is -2.87. The molecule has 26 heavy (non-hydrogen) atoms. The fourth-order valence-corrected chi connectivity index (χ4v) is 3.39. The number of nitrogens with zero attached hydrogens (tertiary/aromatic N) is 4. The minimum Gasteiger partial charge on any atom is -0.508 e. The largest absolute Gasteiger partial charge is 0.508 e. The van der Waals surface area contributed by atoms with Crippen molar-refractivity contribution in [2.75, 3.05) is 19.7 Å². The van der Waals surface area contributed by atoms with Crippen LogP contribution in [0.4, 0.5) is 0 Å². The van der Waals surface area contributed by atoms with Crippen LogP contribution in [0.25, 0.3) is 0 Å². The van der Waals surface area contributed by atoms with Crippen molar-refractivity contribution in [2.24, 2.45) is 0 Å². The molecule has 2 amide bonds. The van der Waals surface area contributed by atoms with Gasteiger partial charge in [-0.05, 0) is 37.1 Å². The number of phenolic OH excluding ortho intramolecular Hbond substituents is 1. The van der Waals surface area contributed by atoms with Crippen molar-refractivity contribution in [1.29, 1.82) is 0 Å². The van der Waals surface area contributed by atoms with Gasteiger partial charge in [0, 0.05) is 18.3 Å². The number of carbonyl (C=O) groups is 2. The molecular formula is C18H20N4O4. The van der Waals surface area contributed by atoms with Gasteiger partial charge in [-0.3, -0.25) is 19.1 Å². The molecule has 0 spiro atoms. The van der Waals surface area contributed by atoms with Gasteiger partial charge in [-0.25, -0.2) is 5.06 Å². The van der Waals surface area contributed by atoms with E-state index in [1.807, 2.05) is 0 Å². The van der Waals surface area contributed by atoms with Crippen molar-refractivity contribution in [2.45, 2.75) is 25.4 Å². The van der Waals surface area contributed by atoms with Gasteiger partial charge in [0.1, 0.15) is 5.75 Å². The molecule has 1 N–H and O–H groups in total. The summed E-state index contributed by atoms with van der Waals surface area (Å²) in [5.74, 6) is -0.388. The van der Waals surface area contributed by atoms with Gasteiger partial charge in [0.15, 0.2) is 6.04 Å². The minimum absolute atomic E-state index is 0.0345. The molecule has 0 unspecified atom stereocenters. The molecule has 3 heterocycles. The van der Waals surface area contributed by atoms with Crippen molar-refractivity contribution < 1.29 is 19.5 Å². The first-order valence-corrected chi connectivity index (χ1v) is 8.68. The van der Waals surface area contributed by atoms with E-state index >= 15 is 0 Å². The summed E-state index contributed by atoms with van der Waals surface area (Å²) in [5, 5.41) is 15.3. The molecule has 1 aromatic heterocycles. The second-order valence-electron chi connectivity index (χ2n) is 6.50. The minimum atomic E-state index is -0.617. The summed E-state index contributed by atoms with van der Waals surface area (Å²) in [7, 11) is 0. The summed E-state index contributed by atoms with van der Waals surface area (Å²) >= 11 is 0. The zero-order chi connectivity index (χ0) is 18.1. The number of aromatic nitrogens is 2. The Bertz CT molecular complexity index is 828. The normalized spacial score (nSPS) is 19.9. The van der Waals surface area contributed by atoms with Crippen LogP contribution in [-0.4, -0.2) is 56.4 Å². The average Bonchev–Trinajstić information content (AvgIpc) is 3.15. The lowest BCUT2D eigenvalue weighted by atomic mass is 10.1. The van der Waals surface area contributed by atoms with E-state index in [-0.39, 0.29) is 24.1 Å². The first-order chi connectivity index (χ1) is 12.6. The Morgan fingerprint density at radius 2 is 2.12 bits per heavy atom. The number of hydrogen-bond acceptors (Lipinski definition) is 5. The molecule has 8 heteroatoms. The highest BCUT2D eigenvalue weighted by molar-refractivity contribution is 5.95. The Morgan fingerprint density at radius 3 is 2.88 bits per heavy atom. The molecule has 136 valence electrons. The smallest absolute Gasteiger partial charge is 0.272 e. The highest BCUT2D eigenvalue weighted by Crippen LogP contribution is 2.25. The van der Waals surface area contributed by atoms with E-state index in [4.69, 9.17) is 4.84 Å². The molecule has 1 fully saturated rings. The lowest BCUT2D eigenvalue weighted by molar-refractivity contribution is -0.201. The van der Waals surface area contributed by atoms with Crippen LogP contribution >= 0.6 is 0 Å². The zero-order valence-corrected chi connectivity index (χ0v) is 14.2. The number of hydroxylamine groups is 2. The predicted octanol–water partition coefficient (Wildman–Crippen LogP) is 1.34. The summed E-state index contributed by atoms with van der Waals surface area (Å²) in [6.07, 6.45) is 3.47. The van der Waals surface area contributed by atoms with Crippen LogP contribution in [0.2, 0.25) is 0 Å². The number of amides is 2. The molecule has 0 saturated carbocycles. The lowest BCUT2D eigenvalue weighted by Gasteiger charge is -2.36. The maximum Gasteiger partial charge on any atom is 0.272 e. The summed E-state index contributed by atoms with van der Waals surface area (Å²) < 4.78 is 1.67. The summed E-state index contributed by atoms with van der Waals surface area (Å²) in [6, 6.07) is 7.41. The van der Waals surface area contributed by atoms with E-state index in [0.29, 0.717) is 25.3 Å². The standard InChI is InChI=1S/C18H20N4O4/c23-15-5-3-4-13(10-15)17(24)20-11-14-6-7-19-22(14)16(12-20)18(25)21-8-1-2-9-26-21/h3-7,10,16,23H,1-2,8-9,11-12H2/t16-/m1/s1. The number of rotatable bonds is 2. The van der Waals surface area contributed by atoms with Crippen molar-refractivity contribution in [1.82, 2.24) is 19.7 Å². The van der Waals surface area contributed by atoms with Crippen LogP contribution in [0.5, 0.6) is 5.75 Å². The Morgan fingerprint density at radius 1 is 1.23 bits per heavy atom. The molecule has 8 nitrogen and oxygen atoms in total. The van der Waals surface area contributed by atoms with Crippen LogP contribution in [0.1, 0.15) is 34.9 Å². The van der Waals surface area contributed by atoms with E-state index in [1.165, 1.54) is 17.2 Å². The quantitative estimate of drug-likeness (QED) is 0.877. The molecule has 2 aliphatic rings. The highest BCUT2D eigenvalue weighted by Gasteiger charge is 2.36. The molecule has 0 aliphatic carbocycles. The zero-order valence-electron chi connectivity index (χ0n) is 14.2. The summed E-state index contributed by atoms with van der Waals surface area (Å²) in [4.78, 5) is 32.9. The van der Waals surface area contributed by atoms with Crippen LogP contribution in [0.3, 0.4) is 0 Å². The topological polar surface area (TPSA) is 87.9 Å². The molecule has 2 aromatic rings. The second kappa shape index (κ2) is 6.80. The first-order valence-electron chi connectivity index (χ1n) is 8.68. The number of fused-ring (bicyclic) bond motifs is 1. The number of phenols is 1. The van der Waals surface area contributed by atoms with Gasteiger partial charge in [-0.1, -0.05) is 6.07 Å². The van der Waals surface area contributed by atoms with Crippen LogP contribution in [0, 0.1) is 0 Å². The molecule has 1 atom stereocenters. The molecule has 4 rings (SSSR count). The van der Waals surface area contributed by atoms with Gasteiger partial charge in [-0.15, -0.1) is 0 Å². The second-order valence-corrected chi connectivity index (χ2v) is 6.50. The van der Waals surface area contributed by atoms with Crippen LogP contribution in [-0.2, 0) is 16.2 Å². The van der Waals surface area contributed by atoms with Crippen molar-refractivity contribution in [3.05, 3.63) is 47.8 Å². The third-order valence-electron chi connectivity index (χ3n) is 4.71. The van der Waals surface area contributed by atoms with E-state index in [2.05, 4.69) is 5.10 Å². The molecule has 1 saturated heterocycles. The van der Waals surface area contributed by atoms with Gasteiger partial charge in [0.05, 0.1) is 25.4 Å². The maximum atomic E-state index is 12.9. The average molecular weight is 356 g/mol. The fourth-order valence-electron chi connectivity index (χ4n) is 3.39. The fraction of sp³-hybridized carbons (Fsp3) is 0.389. The van der Waals surface area contributed by atoms with Gasteiger partial charge in [-0.2, -0.15) is 5.10 Å². The summed E-state index contributed by atoms with van der Waals surface area (Å²) in [5.41, 5.74) is 1.18. The maximum absolute atomic E-state index is 12.9. The Balaban J connectivity index is 1.59. The number of benzene rings is 1. The third kappa shape index (κ3) is 3.03. The SMILES string of the molecule is O=C(c1cccc(O)c1)N1Cc2ccnn2[C@@H](C(=O)N2CCCCO2)C1. The number of hydrogen-bond donors (Lipinski definition) is 1. The van der Waals surface area contributed by atoms with E-state index in [9.17, 15) is 14.7 Å². The number of aromatic hydroxyl groups is 1. The molecule has 0 bridgehead atoms. The van der Waals surface area contributed by atoms with E-state index < -0.39 is 6.04 Å². The first kappa shape index (κ1) is 16.6. The van der Waals surface area contributed by atoms with Crippen molar-refractivity contribution in [3.63, 3.8) is 0 Å². The predicted molar refractivity (Wildman–Crippen MR) is 91.0 cm³/mol. The lowest BCUT2D eigenvalue weighted by Crippen LogP contribution is -2.49. The molecule has 1 aromatic carbocycles. The van der Waals surface area contributed by atoms with E-state index in [1.54, 1.807) is 34.0 Å². The van der Waals surface area contributed by atoms with Crippen LogP contribution in [0.15, 0.2) is 36.5 Å². The third-order valence-corrected chi connectivity index (χ3v) is 4.71. The summed E-state index contributed by atoms with van der Waals surface area (Å²) in [6.45, 7) is 1.64. The van der Waals surface area contributed by atoms with Gasteiger partial charge < -0.3 is 10.0 Å².